The van der Waals surface area contributed by atoms with Crippen LogP contribution in [0.4, 0.5) is 5.82 Å². The second kappa shape index (κ2) is 9.32. The highest BCUT2D eigenvalue weighted by molar-refractivity contribution is 5.40. The quantitative estimate of drug-likeness (QED) is 0.635. The molecule has 29 heavy (non-hydrogen) atoms. The monoisotopic (exact) mass is 403 g/mol. The Bertz CT molecular complexity index is 619. The van der Waals surface area contributed by atoms with Crippen LogP contribution in [-0.4, -0.2) is 66.0 Å². The lowest BCUT2D eigenvalue weighted by Crippen LogP contribution is -2.53. The Balaban J connectivity index is 1.31. The van der Waals surface area contributed by atoms with Crippen molar-refractivity contribution in [3.63, 3.8) is 0 Å². The summed E-state index contributed by atoms with van der Waals surface area (Å²) in [5.74, 6) is 1.11. The fraction of sp³-hybridized carbons (Fsp3) is 0.792. The van der Waals surface area contributed by atoms with Gasteiger partial charge in [-0.15, -0.1) is 0 Å². The highest BCUT2D eigenvalue weighted by atomic mass is 16.5. The average Bonchev–Trinajstić information content (AvgIpc) is 2.62. The van der Waals surface area contributed by atoms with Gasteiger partial charge in [0, 0.05) is 44.5 Å². The van der Waals surface area contributed by atoms with E-state index in [1.165, 1.54) is 5.56 Å². The van der Waals surface area contributed by atoms with Crippen molar-refractivity contribution in [2.75, 3.05) is 37.7 Å². The van der Waals surface area contributed by atoms with Gasteiger partial charge >= 0.3 is 0 Å². The van der Waals surface area contributed by atoms with E-state index >= 15 is 0 Å². The summed E-state index contributed by atoms with van der Waals surface area (Å²) in [5, 5.41) is 0. The number of nitrogens with zero attached hydrogens (tertiary/aromatic N) is 3. The lowest BCUT2D eigenvalue weighted by molar-refractivity contribution is -0.148. The summed E-state index contributed by atoms with van der Waals surface area (Å²) in [4.78, 5) is 9.68. The molecule has 0 radical (unpaired) electrons. The van der Waals surface area contributed by atoms with Gasteiger partial charge in [-0.2, -0.15) is 0 Å². The highest BCUT2D eigenvalue weighted by Gasteiger charge is 2.33. The molecule has 0 bridgehead atoms. The minimum absolute atomic E-state index is 0.0467. The van der Waals surface area contributed by atoms with Gasteiger partial charge in [-0.1, -0.05) is 6.07 Å². The molecule has 0 N–H and O–H groups in total. The number of ether oxygens (including phenoxy) is 2. The van der Waals surface area contributed by atoms with Crippen LogP contribution in [0, 0.1) is 0 Å². The number of hydrogen-bond acceptors (Lipinski definition) is 5. The SMILES string of the molecule is CC(C)(C)O[C@H]1C[C@H](OCCCc2ccc(N3CCN(C(C)(C)C)CC3)nc2)C1. The van der Waals surface area contributed by atoms with Gasteiger partial charge in [0.25, 0.3) is 0 Å². The van der Waals surface area contributed by atoms with Gasteiger partial charge in [-0.25, -0.2) is 4.98 Å². The standard InChI is InChI=1S/C24H41N3O2/c1-23(2,3)27-13-11-26(12-14-27)22-10-9-19(18-25-22)8-7-15-28-20-16-21(17-20)29-24(4,5)6/h9-10,18,20-21H,7-8,11-17H2,1-6H3/t20-,21-. The van der Waals surface area contributed by atoms with E-state index in [1.807, 2.05) is 6.20 Å². The molecule has 0 unspecified atom stereocenters. The fourth-order valence-electron chi connectivity index (χ4n) is 4.13. The topological polar surface area (TPSA) is 37.8 Å². The van der Waals surface area contributed by atoms with Gasteiger partial charge in [0.05, 0.1) is 17.8 Å². The van der Waals surface area contributed by atoms with E-state index in [0.717, 1.165) is 64.3 Å². The van der Waals surface area contributed by atoms with Gasteiger partial charge < -0.3 is 14.4 Å². The van der Waals surface area contributed by atoms with Gasteiger partial charge in [0.2, 0.25) is 0 Å². The van der Waals surface area contributed by atoms with E-state index in [2.05, 4.69) is 63.5 Å². The van der Waals surface area contributed by atoms with Gasteiger partial charge in [0.15, 0.2) is 0 Å². The number of anilines is 1. The predicted octanol–water partition coefficient (Wildman–Crippen LogP) is 4.30. The van der Waals surface area contributed by atoms with Crippen molar-refractivity contribution in [2.24, 2.45) is 0 Å². The number of aromatic nitrogens is 1. The molecule has 2 fully saturated rings. The van der Waals surface area contributed by atoms with Crippen LogP contribution in [0.25, 0.3) is 0 Å². The first-order valence-corrected chi connectivity index (χ1v) is 11.3. The van der Waals surface area contributed by atoms with Crippen molar-refractivity contribution in [1.29, 1.82) is 0 Å². The van der Waals surface area contributed by atoms with Crippen LogP contribution in [0.1, 0.15) is 66.4 Å². The molecule has 1 saturated carbocycles. The molecule has 1 aromatic rings. The molecule has 0 atom stereocenters. The lowest BCUT2D eigenvalue weighted by Gasteiger charge is -2.42. The second-order valence-electron chi connectivity index (χ2n) is 10.6. The Morgan fingerprint density at radius 2 is 1.66 bits per heavy atom. The second-order valence-corrected chi connectivity index (χ2v) is 10.6. The Morgan fingerprint density at radius 1 is 0.966 bits per heavy atom. The fourth-order valence-corrected chi connectivity index (χ4v) is 4.13. The van der Waals surface area contributed by atoms with Gasteiger partial charge in [-0.05, 0) is 78.9 Å². The summed E-state index contributed by atoms with van der Waals surface area (Å²) in [6.45, 7) is 18.4. The van der Waals surface area contributed by atoms with Crippen LogP contribution in [0.3, 0.4) is 0 Å². The maximum absolute atomic E-state index is 5.99. The molecule has 1 aromatic heterocycles. The Labute approximate surface area is 177 Å². The van der Waals surface area contributed by atoms with E-state index in [1.54, 1.807) is 0 Å². The minimum atomic E-state index is -0.0467. The molecule has 5 nitrogen and oxygen atoms in total. The van der Waals surface area contributed by atoms with Crippen molar-refractivity contribution in [1.82, 2.24) is 9.88 Å². The predicted molar refractivity (Wildman–Crippen MR) is 120 cm³/mol. The van der Waals surface area contributed by atoms with E-state index < -0.39 is 0 Å². The Hall–Kier alpha value is -1.17. The molecule has 164 valence electrons. The third kappa shape index (κ3) is 6.94. The number of pyridine rings is 1. The van der Waals surface area contributed by atoms with Crippen LogP contribution in [0.2, 0.25) is 0 Å². The molecule has 5 heteroatoms. The van der Waals surface area contributed by atoms with Crippen LogP contribution < -0.4 is 4.90 Å². The maximum atomic E-state index is 5.99. The smallest absolute Gasteiger partial charge is 0.128 e. The zero-order valence-corrected chi connectivity index (χ0v) is 19.4. The third-order valence-corrected chi connectivity index (χ3v) is 5.90. The molecular weight excluding hydrogens is 362 g/mol. The highest BCUT2D eigenvalue weighted by Crippen LogP contribution is 2.30. The molecule has 2 heterocycles. The van der Waals surface area contributed by atoms with E-state index in [4.69, 9.17) is 14.5 Å². The zero-order chi connectivity index (χ0) is 21.1. The summed E-state index contributed by atoms with van der Waals surface area (Å²) in [6, 6.07) is 4.41. The molecule has 0 spiro atoms. The Kier molecular flexibility index (Phi) is 7.23. The molecular formula is C24H41N3O2. The average molecular weight is 404 g/mol. The summed E-state index contributed by atoms with van der Waals surface area (Å²) >= 11 is 0. The van der Waals surface area contributed by atoms with E-state index in [-0.39, 0.29) is 11.1 Å². The number of hydrogen-bond donors (Lipinski definition) is 0. The minimum Gasteiger partial charge on any atom is -0.378 e. The first kappa shape index (κ1) is 22.5. The molecule has 0 aromatic carbocycles. The van der Waals surface area contributed by atoms with Crippen LogP contribution in [-0.2, 0) is 15.9 Å². The normalized spacial score (nSPS) is 23.9. The lowest BCUT2D eigenvalue weighted by atomic mass is 9.91. The van der Waals surface area contributed by atoms with Crippen molar-refractivity contribution in [3.8, 4) is 0 Å². The molecule has 3 rings (SSSR count). The van der Waals surface area contributed by atoms with Crippen molar-refractivity contribution in [2.45, 2.75) is 90.6 Å². The van der Waals surface area contributed by atoms with Crippen LogP contribution in [0.5, 0.6) is 0 Å². The summed E-state index contributed by atoms with van der Waals surface area (Å²) in [5.41, 5.74) is 1.51. The largest absolute Gasteiger partial charge is 0.378 e. The number of aryl methyl sites for hydroxylation is 1. The third-order valence-electron chi connectivity index (χ3n) is 5.90. The molecule has 0 amide bonds. The van der Waals surface area contributed by atoms with E-state index in [0.29, 0.717) is 12.2 Å². The first-order valence-electron chi connectivity index (χ1n) is 11.3. The van der Waals surface area contributed by atoms with Gasteiger partial charge in [-0.3, -0.25) is 4.90 Å². The van der Waals surface area contributed by atoms with E-state index in [9.17, 15) is 0 Å². The molecule has 1 aliphatic carbocycles. The zero-order valence-electron chi connectivity index (χ0n) is 19.4. The molecule has 2 aliphatic rings. The summed E-state index contributed by atoms with van der Waals surface area (Å²) in [6.07, 6.45) is 6.96. The first-order chi connectivity index (χ1) is 13.6. The molecule has 1 saturated heterocycles. The maximum Gasteiger partial charge on any atom is 0.128 e. The number of piperazine rings is 1. The van der Waals surface area contributed by atoms with Crippen LogP contribution in [0.15, 0.2) is 18.3 Å². The summed E-state index contributed by atoms with van der Waals surface area (Å²) < 4.78 is 12.0. The summed E-state index contributed by atoms with van der Waals surface area (Å²) in [7, 11) is 0. The van der Waals surface area contributed by atoms with Gasteiger partial charge in [0.1, 0.15) is 5.82 Å². The van der Waals surface area contributed by atoms with Crippen LogP contribution >= 0.6 is 0 Å². The van der Waals surface area contributed by atoms with Crippen molar-refractivity contribution < 1.29 is 9.47 Å². The Morgan fingerprint density at radius 3 is 2.21 bits per heavy atom. The van der Waals surface area contributed by atoms with Crippen molar-refractivity contribution in [3.05, 3.63) is 23.9 Å². The number of rotatable bonds is 7. The van der Waals surface area contributed by atoms with Crippen molar-refractivity contribution >= 4 is 5.82 Å². The molecule has 1 aliphatic heterocycles.